The van der Waals surface area contributed by atoms with E-state index in [2.05, 4.69) is 17.4 Å². The summed E-state index contributed by atoms with van der Waals surface area (Å²) in [7, 11) is 3.61. The molecule has 0 aliphatic carbocycles. The van der Waals surface area contributed by atoms with E-state index < -0.39 is 0 Å². The number of nitrogens with one attached hydrogen (secondary N) is 1. The Kier molecular flexibility index (Phi) is 4.74. The molecule has 5 heteroatoms. The van der Waals surface area contributed by atoms with Gasteiger partial charge in [-0.3, -0.25) is 10.5 Å². The SMILES string of the molecule is CCCC(OC)C(NN)c1ccnn1C. The van der Waals surface area contributed by atoms with E-state index in [9.17, 15) is 0 Å². The van der Waals surface area contributed by atoms with Crippen LogP contribution < -0.4 is 11.3 Å². The van der Waals surface area contributed by atoms with E-state index in [1.54, 1.807) is 13.3 Å². The molecule has 2 unspecified atom stereocenters. The van der Waals surface area contributed by atoms with Gasteiger partial charge < -0.3 is 4.74 Å². The summed E-state index contributed by atoms with van der Waals surface area (Å²) >= 11 is 0. The summed E-state index contributed by atoms with van der Waals surface area (Å²) in [5.74, 6) is 5.57. The van der Waals surface area contributed by atoms with Gasteiger partial charge in [0.25, 0.3) is 0 Å². The Labute approximate surface area is 90.6 Å². The number of rotatable bonds is 6. The van der Waals surface area contributed by atoms with Gasteiger partial charge >= 0.3 is 0 Å². The van der Waals surface area contributed by atoms with Crippen LogP contribution in [0.4, 0.5) is 0 Å². The number of aryl methyl sites for hydroxylation is 1. The highest BCUT2D eigenvalue weighted by Gasteiger charge is 2.23. The lowest BCUT2D eigenvalue weighted by molar-refractivity contribution is 0.0581. The second-order valence-corrected chi connectivity index (χ2v) is 3.59. The van der Waals surface area contributed by atoms with Crippen LogP contribution in [0.25, 0.3) is 0 Å². The molecular weight excluding hydrogens is 192 g/mol. The lowest BCUT2D eigenvalue weighted by Gasteiger charge is -2.25. The van der Waals surface area contributed by atoms with Crippen molar-refractivity contribution in [2.24, 2.45) is 12.9 Å². The lowest BCUT2D eigenvalue weighted by atomic mass is 10.0. The zero-order chi connectivity index (χ0) is 11.3. The average molecular weight is 212 g/mol. The second kappa shape index (κ2) is 5.85. The Bertz CT molecular complexity index is 287. The molecule has 0 saturated heterocycles. The lowest BCUT2D eigenvalue weighted by Crippen LogP contribution is -2.38. The zero-order valence-electron chi connectivity index (χ0n) is 9.60. The number of methoxy groups -OCH3 is 1. The van der Waals surface area contributed by atoms with Crippen molar-refractivity contribution in [1.82, 2.24) is 15.2 Å². The van der Waals surface area contributed by atoms with Crippen molar-refractivity contribution in [3.8, 4) is 0 Å². The maximum Gasteiger partial charge on any atom is 0.0890 e. The van der Waals surface area contributed by atoms with E-state index in [1.165, 1.54) is 0 Å². The molecular formula is C10H20N4O. The van der Waals surface area contributed by atoms with E-state index >= 15 is 0 Å². The summed E-state index contributed by atoms with van der Waals surface area (Å²) in [6.07, 6.45) is 3.87. The third-order valence-electron chi connectivity index (χ3n) is 2.60. The quantitative estimate of drug-likeness (QED) is 0.539. The van der Waals surface area contributed by atoms with Crippen LogP contribution >= 0.6 is 0 Å². The number of nitrogens with zero attached hydrogens (tertiary/aromatic N) is 2. The van der Waals surface area contributed by atoms with Crippen LogP contribution in [0.15, 0.2) is 12.3 Å². The summed E-state index contributed by atoms with van der Waals surface area (Å²) < 4.78 is 7.25. The van der Waals surface area contributed by atoms with Crippen LogP contribution in [0.3, 0.4) is 0 Å². The van der Waals surface area contributed by atoms with E-state index in [0.717, 1.165) is 18.5 Å². The molecule has 0 spiro atoms. The van der Waals surface area contributed by atoms with Gasteiger partial charge in [0, 0.05) is 20.4 Å². The van der Waals surface area contributed by atoms with Crippen LogP contribution in [-0.2, 0) is 11.8 Å². The van der Waals surface area contributed by atoms with Gasteiger partial charge in [-0.2, -0.15) is 5.10 Å². The topological polar surface area (TPSA) is 65.1 Å². The predicted molar refractivity (Wildman–Crippen MR) is 59.0 cm³/mol. The number of hydrazine groups is 1. The Balaban J connectivity index is 2.82. The van der Waals surface area contributed by atoms with Crippen LogP contribution in [0.5, 0.6) is 0 Å². The number of hydrogen-bond donors (Lipinski definition) is 2. The highest BCUT2D eigenvalue weighted by molar-refractivity contribution is 5.08. The van der Waals surface area contributed by atoms with Gasteiger partial charge in [0.2, 0.25) is 0 Å². The first kappa shape index (κ1) is 12.2. The van der Waals surface area contributed by atoms with Crippen LogP contribution in [0.1, 0.15) is 31.5 Å². The van der Waals surface area contributed by atoms with Crippen molar-refractivity contribution in [2.45, 2.75) is 31.9 Å². The molecule has 86 valence electrons. The van der Waals surface area contributed by atoms with E-state index in [0.29, 0.717) is 0 Å². The fourth-order valence-electron chi connectivity index (χ4n) is 1.78. The Hall–Kier alpha value is -0.910. The van der Waals surface area contributed by atoms with E-state index in [4.69, 9.17) is 10.6 Å². The molecule has 0 bridgehead atoms. The maximum absolute atomic E-state index is 5.57. The third kappa shape index (κ3) is 2.77. The van der Waals surface area contributed by atoms with Crippen molar-refractivity contribution in [3.05, 3.63) is 18.0 Å². The largest absolute Gasteiger partial charge is 0.379 e. The third-order valence-corrected chi connectivity index (χ3v) is 2.60. The molecule has 5 nitrogen and oxygen atoms in total. The van der Waals surface area contributed by atoms with E-state index in [-0.39, 0.29) is 12.1 Å². The smallest absolute Gasteiger partial charge is 0.0890 e. The van der Waals surface area contributed by atoms with Crippen LogP contribution in [-0.4, -0.2) is 23.0 Å². The number of aromatic nitrogens is 2. The van der Waals surface area contributed by atoms with Gasteiger partial charge in [0.05, 0.1) is 17.8 Å². The summed E-state index contributed by atoms with van der Waals surface area (Å²) in [6.45, 7) is 2.13. The van der Waals surface area contributed by atoms with Gasteiger partial charge in [-0.05, 0) is 12.5 Å². The Morgan fingerprint density at radius 2 is 2.40 bits per heavy atom. The first-order chi connectivity index (χ1) is 7.24. The van der Waals surface area contributed by atoms with Gasteiger partial charge in [0.1, 0.15) is 0 Å². The summed E-state index contributed by atoms with van der Waals surface area (Å²) in [5.41, 5.74) is 3.83. The molecule has 0 radical (unpaired) electrons. The minimum Gasteiger partial charge on any atom is -0.379 e. The Morgan fingerprint density at radius 1 is 1.67 bits per heavy atom. The fraction of sp³-hybridized carbons (Fsp3) is 0.700. The molecule has 0 saturated carbocycles. The van der Waals surface area contributed by atoms with Gasteiger partial charge in [-0.15, -0.1) is 0 Å². The summed E-state index contributed by atoms with van der Waals surface area (Å²) in [6, 6.07) is 1.94. The second-order valence-electron chi connectivity index (χ2n) is 3.59. The Morgan fingerprint density at radius 3 is 2.80 bits per heavy atom. The van der Waals surface area contributed by atoms with Crippen molar-refractivity contribution >= 4 is 0 Å². The van der Waals surface area contributed by atoms with Crippen molar-refractivity contribution in [2.75, 3.05) is 7.11 Å². The molecule has 0 aliphatic heterocycles. The fourth-order valence-corrected chi connectivity index (χ4v) is 1.78. The monoisotopic (exact) mass is 212 g/mol. The summed E-state index contributed by atoms with van der Waals surface area (Å²) in [5, 5.41) is 4.13. The van der Waals surface area contributed by atoms with Crippen molar-refractivity contribution < 1.29 is 4.74 Å². The minimum absolute atomic E-state index is 0.0116. The van der Waals surface area contributed by atoms with Crippen molar-refractivity contribution in [1.29, 1.82) is 0 Å². The molecule has 0 aliphatic rings. The van der Waals surface area contributed by atoms with E-state index in [1.807, 2.05) is 17.8 Å². The molecule has 3 N–H and O–H groups in total. The first-order valence-corrected chi connectivity index (χ1v) is 5.21. The van der Waals surface area contributed by atoms with Gasteiger partial charge in [-0.1, -0.05) is 13.3 Å². The zero-order valence-corrected chi connectivity index (χ0v) is 9.60. The molecule has 1 rings (SSSR count). The van der Waals surface area contributed by atoms with Crippen LogP contribution in [0.2, 0.25) is 0 Å². The molecule has 1 heterocycles. The predicted octanol–water partition coefficient (Wildman–Crippen LogP) is 0.740. The molecule has 1 aromatic heterocycles. The molecule has 0 fully saturated rings. The highest BCUT2D eigenvalue weighted by Crippen LogP contribution is 2.20. The molecule has 2 atom stereocenters. The molecule has 15 heavy (non-hydrogen) atoms. The van der Waals surface area contributed by atoms with Gasteiger partial charge in [-0.25, -0.2) is 5.43 Å². The molecule has 1 aromatic rings. The normalized spacial score (nSPS) is 15.2. The number of ether oxygens (including phenoxy) is 1. The average Bonchev–Trinajstić information content (AvgIpc) is 2.65. The minimum atomic E-state index is -0.0116. The molecule has 0 amide bonds. The van der Waals surface area contributed by atoms with Gasteiger partial charge in [0.15, 0.2) is 0 Å². The van der Waals surface area contributed by atoms with Crippen molar-refractivity contribution in [3.63, 3.8) is 0 Å². The summed E-state index contributed by atoms with van der Waals surface area (Å²) in [4.78, 5) is 0. The highest BCUT2D eigenvalue weighted by atomic mass is 16.5. The standard InChI is InChI=1S/C10H20N4O/c1-4-5-9(15-3)10(13-11)8-6-7-12-14(8)2/h6-7,9-10,13H,4-5,11H2,1-3H3. The number of hydrogen-bond acceptors (Lipinski definition) is 4. The van der Waals surface area contributed by atoms with Crippen LogP contribution in [0, 0.1) is 0 Å². The number of nitrogens with two attached hydrogens (primary N) is 1. The first-order valence-electron chi connectivity index (χ1n) is 5.21. The maximum atomic E-state index is 5.57. The molecule has 0 aromatic carbocycles.